The van der Waals surface area contributed by atoms with Gasteiger partial charge in [-0.1, -0.05) is 17.7 Å². The van der Waals surface area contributed by atoms with Crippen molar-refractivity contribution in [2.75, 3.05) is 10.7 Å². The van der Waals surface area contributed by atoms with Crippen molar-refractivity contribution in [3.05, 3.63) is 40.5 Å². The first-order valence-electron chi connectivity index (χ1n) is 5.43. The fraction of sp³-hybridized carbons (Fsp3) is 0.167. The van der Waals surface area contributed by atoms with E-state index < -0.39 is 0 Å². The Morgan fingerprint density at radius 1 is 1.28 bits per heavy atom. The molecule has 0 amide bonds. The highest BCUT2D eigenvalue weighted by molar-refractivity contribution is 6.33. The molecule has 0 unspecified atom stereocenters. The Morgan fingerprint density at radius 3 is 2.72 bits per heavy atom. The van der Waals surface area contributed by atoms with E-state index in [-0.39, 0.29) is 0 Å². The average molecular weight is 264 g/mol. The van der Waals surface area contributed by atoms with E-state index in [2.05, 4.69) is 20.7 Å². The maximum atomic E-state index is 6.16. The van der Waals surface area contributed by atoms with Gasteiger partial charge in [0.25, 0.3) is 0 Å². The highest BCUT2D eigenvalue weighted by Crippen LogP contribution is 2.26. The summed E-state index contributed by atoms with van der Waals surface area (Å²) in [7, 11) is 0. The Labute approximate surface area is 110 Å². The van der Waals surface area contributed by atoms with Gasteiger partial charge in [0.15, 0.2) is 0 Å². The van der Waals surface area contributed by atoms with Gasteiger partial charge in [-0.3, -0.25) is 5.43 Å². The number of benzene rings is 1. The minimum atomic E-state index is 0.353. The van der Waals surface area contributed by atoms with Crippen LogP contribution in [0.3, 0.4) is 0 Å². The van der Waals surface area contributed by atoms with Gasteiger partial charge in [0.05, 0.1) is 10.7 Å². The van der Waals surface area contributed by atoms with Crippen LogP contribution in [0.25, 0.3) is 0 Å². The zero-order valence-electron chi connectivity index (χ0n) is 10.2. The lowest BCUT2D eigenvalue weighted by molar-refractivity contribution is 1.09. The molecule has 0 aliphatic carbocycles. The fourth-order valence-electron chi connectivity index (χ4n) is 1.49. The number of hydrogen-bond acceptors (Lipinski definition) is 5. The van der Waals surface area contributed by atoms with Crippen LogP contribution >= 0.6 is 11.6 Å². The first kappa shape index (κ1) is 12.6. The molecule has 0 fully saturated rings. The molecule has 1 aromatic carbocycles. The Bertz CT molecular complexity index is 570. The molecule has 0 radical (unpaired) electrons. The quantitative estimate of drug-likeness (QED) is 0.586. The van der Waals surface area contributed by atoms with E-state index >= 15 is 0 Å². The van der Waals surface area contributed by atoms with Crippen molar-refractivity contribution in [3.63, 3.8) is 0 Å². The summed E-state index contributed by atoms with van der Waals surface area (Å²) in [6.07, 6.45) is 1.69. The number of nitrogens with two attached hydrogens (primary N) is 1. The largest absolute Gasteiger partial charge is 0.339 e. The van der Waals surface area contributed by atoms with Crippen molar-refractivity contribution in [2.24, 2.45) is 5.84 Å². The summed E-state index contributed by atoms with van der Waals surface area (Å²) in [5.41, 5.74) is 5.22. The standard InChI is InChI=1S/C12H14ClN5/c1-7-3-4-10(9(13)5-7)16-11-8(2)6-15-12(17-11)18-14/h3-6H,14H2,1-2H3,(H2,15,16,17,18). The maximum absolute atomic E-state index is 6.16. The number of rotatable bonds is 3. The van der Waals surface area contributed by atoms with Crippen LogP contribution in [0.2, 0.25) is 5.02 Å². The number of hydrazine groups is 1. The molecule has 6 heteroatoms. The second-order valence-corrected chi connectivity index (χ2v) is 4.39. The molecule has 2 rings (SSSR count). The van der Waals surface area contributed by atoms with Crippen LogP contribution in [0.1, 0.15) is 11.1 Å². The van der Waals surface area contributed by atoms with Gasteiger partial charge >= 0.3 is 0 Å². The van der Waals surface area contributed by atoms with Crippen molar-refractivity contribution < 1.29 is 0 Å². The Balaban J connectivity index is 2.33. The SMILES string of the molecule is Cc1ccc(Nc2nc(NN)ncc2C)c(Cl)c1. The van der Waals surface area contributed by atoms with Gasteiger partial charge in [0.2, 0.25) is 5.95 Å². The Kier molecular flexibility index (Phi) is 3.64. The van der Waals surface area contributed by atoms with E-state index in [0.717, 1.165) is 16.8 Å². The zero-order chi connectivity index (χ0) is 13.1. The predicted octanol–water partition coefficient (Wildman–Crippen LogP) is 2.78. The van der Waals surface area contributed by atoms with Gasteiger partial charge < -0.3 is 5.32 Å². The topological polar surface area (TPSA) is 75.9 Å². The van der Waals surface area contributed by atoms with Gasteiger partial charge in [0, 0.05) is 11.8 Å². The molecule has 0 bridgehead atoms. The van der Waals surface area contributed by atoms with Crippen LogP contribution in [0, 0.1) is 13.8 Å². The van der Waals surface area contributed by atoms with E-state index in [1.54, 1.807) is 6.20 Å². The number of anilines is 3. The lowest BCUT2D eigenvalue weighted by Crippen LogP contribution is -2.11. The van der Waals surface area contributed by atoms with E-state index in [9.17, 15) is 0 Å². The van der Waals surface area contributed by atoms with Crippen LogP contribution in [-0.2, 0) is 0 Å². The van der Waals surface area contributed by atoms with Crippen LogP contribution in [0.5, 0.6) is 0 Å². The smallest absolute Gasteiger partial charge is 0.239 e. The molecule has 0 aliphatic rings. The second-order valence-electron chi connectivity index (χ2n) is 3.98. The van der Waals surface area contributed by atoms with Crippen LogP contribution in [0.4, 0.5) is 17.5 Å². The minimum absolute atomic E-state index is 0.353. The van der Waals surface area contributed by atoms with E-state index in [1.165, 1.54) is 0 Å². The zero-order valence-corrected chi connectivity index (χ0v) is 10.9. The molecule has 0 saturated heterocycles. The minimum Gasteiger partial charge on any atom is -0.339 e. The molecule has 2 aromatic rings. The fourth-order valence-corrected chi connectivity index (χ4v) is 1.77. The summed E-state index contributed by atoms with van der Waals surface area (Å²) < 4.78 is 0. The number of aryl methyl sites for hydroxylation is 2. The molecule has 1 heterocycles. The van der Waals surface area contributed by atoms with Crippen molar-refractivity contribution >= 4 is 29.1 Å². The third-order valence-corrected chi connectivity index (χ3v) is 2.79. The second kappa shape index (κ2) is 5.20. The Morgan fingerprint density at radius 2 is 2.06 bits per heavy atom. The molecule has 94 valence electrons. The van der Waals surface area contributed by atoms with Gasteiger partial charge in [0.1, 0.15) is 5.82 Å². The van der Waals surface area contributed by atoms with Crippen LogP contribution in [-0.4, -0.2) is 9.97 Å². The highest BCUT2D eigenvalue weighted by Gasteiger charge is 2.06. The molecular weight excluding hydrogens is 250 g/mol. The summed E-state index contributed by atoms with van der Waals surface area (Å²) in [4.78, 5) is 8.25. The third-order valence-electron chi connectivity index (χ3n) is 2.48. The molecule has 0 saturated carbocycles. The summed E-state index contributed by atoms with van der Waals surface area (Å²) in [5, 5.41) is 3.81. The summed E-state index contributed by atoms with van der Waals surface area (Å²) in [5.74, 6) is 6.31. The summed E-state index contributed by atoms with van der Waals surface area (Å²) in [6.45, 7) is 3.90. The number of halogens is 1. The maximum Gasteiger partial charge on any atom is 0.239 e. The Hall–Kier alpha value is -1.85. The van der Waals surface area contributed by atoms with Gasteiger partial charge in [-0.2, -0.15) is 4.98 Å². The normalized spacial score (nSPS) is 10.2. The molecule has 0 atom stereocenters. The first-order chi connectivity index (χ1) is 8.60. The highest BCUT2D eigenvalue weighted by atomic mass is 35.5. The van der Waals surface area contributed by atoms with Crippen LogP contribution < -0.4 is 16.6 Å². The predicted molar refractivity (Wildman–Crippen MR) is 74.1 cm³/mol. The summed E-state index contributed by atoms with van der Waals surface area (Å²) in [6, 6.07) is 5.78. The van der Waals surface area contributed by atoms with Gasteiger partial charge in [-0.15, -0.1) is 0 Å². The lowest BCUT2D eigenvalue weighted by atomic mass is 10.2. The number of nitrogens with zero attached hydrogens (tertiary/aromatic N) is 2. The molecule has 5 nitrogen and oxygen atoms in total. The van der Waals surface area contributed by atoms with E-state index in [1.807, 2.05) is 32.0 Å². The average Bonchev–Trinajstić information content (AvgIpc) is 2.35. The van der Waals surface area contributed by atoms with Gasteiger partial charge in [-0.05, 0) is 31.5 Å². The number of nitrogen functional groups attached to an aromatic ring is 1. The number of aromatic nitrogens is 2. The number of hydrogen-bond donors (Lipinski definition) is 3. The monoisotopic (exact) mass is 263 g/mol. The van der Waals surface area contributed by atoms with Gasteiger partial charge in [-0.25, -0.2) is 10.8 Å². The van der Waals surface area contributed by atoms with Crippen LogP contribution in [0.15, 0.2) is 24.4 Å². The first-order valence-corrected chi connectivity index (χ1v) is 5.81. The molecule has 0 aliphatic heterocycles. The van der Waals surface area contributed by atoms with Crippen molar-refractivity contribution in [1.82, 2.24) is 9.97 Å². The van der Waals surface area contributed by atoms with Crippen molar-refractivity contribution in [3.8, 4) is 0 Å². The molecule has 0 spiro atoms. The summed E-state index contributed by atoms with van der Waals surface area (Å²) >= 11 is 6.16. The molecule has 4 N–H and O–H groups in total. The lowest BCUT2D eigenvalue weighted by Gasteiger charge is -2.11. The number of nitrogens with one attached hydrogen (secondary N) is 2. The third kappa shape index (κ3) is 2.69. The molecular formula is C12H14ClN5. The molecule has 18 heavy (non-hydrogen) atoms. The van der Waals surface area contributed by atoms with Crippen molar-refractivity contribution in [2.45, 2.75) is 13.8 Å². The molecule has 1 aromatic heterocycles. The van der Waals surface area contributed by atoms with E-state index in [0.29, 0.717) is 16.8 Å². The van der Waals surface area contributed by atoms with Crippen molar-refractivity contribution in [1.29, 1.82) is 0 Å². The van der Waals surface area contributed by atoms with E-state index in [4.69, 9.17) is 17.4 Å².